The van der Waals surface area contributed by atoms with Gasteiger partial charge in [0.1, 0.15) is 5.82 Å². The minimum Gasteiger partial charge on any atom is -0.396 e. The highest BCUT2D eigenvalue weighted by atomic mass is 19.1. The van der Waals surface area contributed by atoms with Gasteiger partial charge < -0.3 is 19.5 Å². The number of aliphatic hydroxyl groups excluding tert-OH is 1. The number of aliphatic hydroxyl groups is 1. The van der Waals surface area contributed by atoms with Crippen LogP contribution < -0.4 is 0 Å². The number of aromatic nitrogens is 2. The molecule has 1 aromatic carbocycles. The first-order valence-electron chi connectivity index (χ1n) is 13.2. The fraction of sp³-hybridized carbons (Fsp3) is 0.517. The van der Waals surface area contributed by atoms with Gasteiger partial charge in [-0.05, 0) is 94.2 Å². The summed E-state index contributed by atoms with van der Waals surface area (Å²) in [6.07, 6.45) is 11.4. The summed E-state index contributed by atoms with van der Waals surface area (Å²) in [6.45, 7) is 6.31. The van der Waals surface area contributed by atoms with E-state index in [1.807, 2.05) is 30.8 Å². The number of carbonyl (C=O) groups is 1. The molecule has 1 aliphatic heterocycles. The third-order valence-electron chi connectivity index (χ3n) is 8.41. The number of fused-ring (bicyclic) bond motifs is 1. The third-order valence-corrected chi connectivity index (χ3v) is 8.41. The first-order valence-corrected chi connectivity index (χ1v) is 13.2. The summed E-state index contributed by atoms with van der Waals surface area (Å²) in [5, 5.41) is 10.7. The SMILES string of the molecule is CC(C)N(C)C(=O)c1cc(F)ccc1-n1cc([C@H]2CC[C@@H](N3CC[C@@H](CO)C3)CC2)c2ccncc21. The van der Waals surface area contributed by atoms with Gasteiger partial charge in [0.05, 0.1) is 23.0 Å². The molecule has 3 heterocycles. The maximum atomic E-state index is 14.3. The van der Waals surface area contributed by atoms with Gasteiger partial charge in [0.15, 0.2) is 0 Å². The van der Waals surface area contributed by atoms with Gasteiger partial charge in [0.2, 0.25) is 0 Å². The van der Waals surface area contributed by atoms with E-state index in [4.69, 9.17) is 0 Å². The Bertz CT molecular complexity index is 1230. The van der Waals surface area contributed by atoms with Crippen LogP contribution in [0.1, 0.15) is 67.8 Å². The number of benzene rings is 1. The molecular weight excluding hydrogens is 455 g/mol. The van der Waals surface area contributed by atoms with Crippen LogP contribution in [-0.2, 0) is 0 Å². The van der Waals surface area contributed by atoms with Crippen molar-refractivity contribution in [2.45, 2.75) is 64.0 Å². The van der Waals surface area contributed by atoms with E-state index in [0.717, 1.165) is 56.1 Å². The number of rotatable bonds is 6. The van der Waals surface area contributed by atoms with Crippen molar-refractivity contribution in [3.63, 3.8) is 0 Å². The lowest BCUT2D eigenvalue weighted by molar-refractivity contribution is 0.0754. The molecule has 0 radical (unpaired) electrons. The minimum atomic E-state index is -0.419. The van der Waals surface area contributed by atoms with Gasteiger partial charge in [0.25, 0.3) is 5.91 Å². The Morgan fingerprint density at radius 1 is 1.19 bits per heavy atom. The van der Waals surface area contributed by atoms with Crippen LogP contribution in [0.25, 0.3) is 16.6 Å². The molecule has 192 valence electrons. The number of amides is 1. The number of hydrogen-bond donors (Lipinski definition) is 1. The predicted molar refractivity (Wildman–Crippen MR) is 140 cm³/mol. The molecule has 1 aliphatic carbocycles. The van der Waals surface area contributed by atoms with E-state index in [2.05, 4.69) is 22.1 Å². The van der Waals surface area contributed by atoms with Crippen molar-refractivity contribution in [2.24, 2.45) is 5.92 Å². The Labute approximate surface area is 212 Å². The van der Waals surface area contributed by atoms with Crippen molar-refractivity contribution in [3.8, 4) is 5.69 Å². The maximum Gasteiger partial charge on any atom is 0.256 e. The standard InChI is InChI=1S/C29H37FN4O2/c1-19(2)32(3)29(36)25-14-22(30)6-9-27(25)34-17-26(24-10-12-31-15-28(24)34)21-4-7-23(8-5-21)33-13-11-20(16-33)18-35/h6,9-10,12,14-15,17,19-21,23,35H,4-5,7-8,11,13,16,18H2,1-3H3/t20-,21-,23+/m1/s1. The van der Waals surface area contributed by atoms with Crippen LogP contribution in [0.4, 0.5) is 4.39 Å². The second-order valence-electron chi connectivity index (χ2n) is 10.9. The minimum absolute atomic E-state index is 0.00528. The van der Waals surface area contributed by atoms with Crippen LogP contribution in [0.15, 0.2) is 42.9 Å². The van der Waals surface area contributed by atoms with Crippen LogP contribution >= 0.6 is 0 Å². The first-order chi connectivity index (χ1) is 17.4. The highest BCUT2D eigenvalue weighted by Crippen LogP contribution is 2.40. The zero-order valence-electron chi connectivity index (χ0n) is 21.5. The number of likely N-dealkylation sites (tertiary alicyclic amines) is 1. The van der Waals surface area contributed by atoms with Crippen LogP contribution in [0.3, 0.4) is 0 Å². The molecule has 1 atom stereocenters. The van der Waals surface area contributed by atoms with Crippen LogP contribution in [-0.4, -0.2) is 69.2 Å². The molecular formula is C29H37FN4O2. The third kappa shape index (κ3) is 4.66. The van der Waals surface area contributed by atoms with Gasteiger partial charge in [-0.15, -0.1) is 0 Å². The molecule has 0 unspecified atom stereocenters. The lowest BCUT2D eigenvalue weighted by Crippen LogP contribution is -2.36. The normalized spacial score (nSPS) is 23.0. The number of halogens is 1. The Balaban J connectivity index is 1.46. The summed E-state index contributed by atoms with van der Waals surface area (Å²) >= 11 is 0. The van der Waals surface area contributed by atoms with E-state index in [0.29, 0.717) is 35.7 Å². The molecule has 3 aromatic rings. The Morgan fingerprint density at radius 3 is 2.67 bits per heavy atom. The summed E-state index contributed by atoms with van der Waals surface area (Å²) in [5.74, 6) is 0.244. The lowest BCUT2D eigenvalue weighted by Gasteiger charge is -2.34. The van der Waals surface area contributed by atoms with Gasteiger partial charge in [-0.3, -0.25) is 9.78 Å². The Morgan fingerprint density at radius 2 is 1.97 bits per heavy atom. The van der Waals surface area contributed by atoms with Crippen LogP contribution in [0.2, 0.25) is 0 Å². The maximum absolute atomic E-state index is 14.3. The molecule has 0 spiro atoms. The fourth-order valence-electron chi connectivity index (χ4n) is 6.03. The lowest BCUT2D eigenvalue weighted by atomic mass is 9.81. The molecule has 2 fully saturated rings. The van der Waals surface area contributed by atoms with Crippen LogP contribution in [0.5, 0.6) is 0 Å². The average molecular weight is 493 g/mol. The van der Waals surface area contributed by atoms with Crippen molar-refractivity contribution in [2.75, 3.05) is 26.7 Å². The zero-order valence-corrected chi connectivity index (χ0v) is 21.5. The van der Waals surface area contributed by atoms with Crippen molar-refractivity contribution in [1.82, 2.24) is 19.4 Å². The molecule has 0 bridgehead atoms. The van der Waals surface area contributed by atoms with E-state index >= 15 is 0 Å². The zero-order chi connectivity index (χ0) is 25.4. The number of hydrogen-bond acceptors (Lipinski definition) is 4. The van der Waals surface area contributed by atoms with E-state index in [1.165, 1.54) is 17.7 Å². The monoisotopic (exact) mass is 492 g/mol. The summed E-state index contributed by atoms with van der Waals surface area (Å²) in [4.78, 5) is 21.9. The fourth-order valence-corrected chi connectivity index (χ4v) is 6.03. The van der Waals surface area contributed by atoms with Crippen molar-refractivity contribution >= 4 is 16.8 Å². The van der Waals surface area contributed by atoms with Gasteiger partial charge in [-0.25, -0.2) is 4.39 Å². The Hall–Kier alpha value is -2.77. The molecule has 1 amide bonds. The topological polar surface area (TPSA) is 61.6 Å². The molecule has 36 heavy (non-hydrogen) atoms. The highest BCUT2D eigenvalue weighted by molar-refractivity contribution is 5.99. The second-order valence-corrected chi connectivity index (χ2v) is 10.9. The number of pyridine rings is 1. The first kappa shape index (κ1) is 24.9. The average Bonchev–Trinajstić information content (AvgIpc) is 3.53. The molecule has 1 saturated heterocycles. The quantitative estimate of drug-likeness (QED) is 0.527. The Kier molecular flexibility index (Phi) is 7.13. The van der Waals surface area contributed by atoms with E-state index in [9.17, 15) is 14.3 Å². The molecule has 7 heteroatoms. The van der Waals surface area contributed by atoms with Crippen molar-refractivity contribution in [1.29, 1.82) is 0 Å². The summed E-state index contributed by atoms with van der Waals surface area (Å²) < 4.78 is 16.3. The predicted octanol–water partition coefficient (Wildman–Crippen LogP) is 4.99. The van der Waals surface area contributed by atoms with E-state index in [1.54, 1.807) is 18.0 Å². The number of nitrogens with zero attached hydrogens (tertiary/aromatic N) is 4. The molecule has 6 nitrogen and oxygen atoms in total. The van der Waals surface area contributed by atoms with E-state index < -0.39 is 5.82 Å². The van der Waals surface area contributed by atoms with Crippen molar-refractivity contribution < 1.29 is 14.3 Å². The van der Waals surface area contributed by atoms with Crippen molar-refractivity contribution in [3.05, 3.63) is 59.8 Å². The molecule has 1 saturated carbocycles. The summed E-state index contributed by atoms with van der Waals surface area (Å²) in [5.41, 5.74) is 3.25. The molecule has 2 aromatic heterocycles. The summed E-state index contributed by atoms with van der Waals surface area (Å²) in [6, 6.07) is 7.13. The second kappa shape index (κ2) is 10.3. The summed E-state index contributed by atoms with van der Waals surface area (Å²) in [7, 11) is 1.75. The highest BCUT2D eigenvalue weighted by Gasteiger charge is 2.32. The molecule has 1 N–H and O–H groups in total. The van der Waals surface area contributed by atoms with Gasteiger partial charge in [-0.2, -0.15) is 0 Å². The molecule has 5 rings (SSSR count). The smallest absolute Gasteiger partial charge is 0.256 e. The van der Waals surface area contributed by atoms with Gasteiger partial charge in [0, 0.05) is 50.1 Å². The number of carbonyl (C=O) groups excluding carboxylic acids is 1. The van der Waals surface area contributed by atoms with Gasteiger partial charge in [-0.1, -0.05) is 0 Å². The molecule has 2 aliphatic rings. The van der Waals surface area contributed by atoms with E-state index in [-0.39, 0.29) is 11.9 Å². The van der Waals surface area contributed by atoms with Crippen LogP contribution in [0, 0.1) is 11.7 Å². The van der Waals surface area contributed by atoms with Gasteiger partial charge >= 0.3 is 0 Å². The largest absolute Gasteiger partial charge is 0.396 e.